The fraction of sp³-hybridized carbons (Fsp3) is 0.818. The van der Waals surface area contributed by atoms with Crippen molar-refractivity contribution in [2.24, 2.45) is 0 Å². The van der Waals surface area contributed by atoms with E-state index in [9.17, 15) is 5.11 Å². The van der Waals surface area contributed by atoms with E-state index in [1.165, 1.54) is 5.47 Å². The fourth-order valence-corrected chi connectivity index (χ4v) is 1.15. The maximum Gasteiger partial charge on any atom is 0.305 e. The second-order valence-corrected chi connectivity index (χ2v) is 5.05. The van der Waals surface area contributed by atoms with E-state index in [0.717, 1.165) is 13.0 Å². The summed E-state index contributed by atoms with van der Waals surface area (Å²) < 4.78 is 11.0. The molecule has 0 radical (unpaired) electrons. The van der Waals surface area contributed by atoms with Crippen molar-refractivity contribution >= 4 is 7.48 Å². The van der Waals surface area contributed by atoms with E-state index in [1.807, 2.05) is 13.8 Å². The highest BCUT2D eigenvalue weighted by Crippen LogP contribution is 2.25. The SMILES string of the molecule is CC(C)(O)C(C)(C)OBC1=CCOCC1. The summed E-state index contributed by atoms with van der Waals surface area (Å²) in [5.74, 6) is 0. The Morgan fingerprint density at radius 2 is 2.07 bits per heavy atom. The van der Waals surface area contributed by atoms with Gasteiger partial charge in [0.15, 0.2) is 0 Å². The van der Waals surface area contributed by atoms with Crippen LogP contribution in [-0.2, 0) is 9.39 Å². The molecular weight excluding hydrogens is 191 g/mol. The molecule has 0 saturated carbocycles. The monoisotopic (exact) mass is 212 g/mol. The van der Waals surface area contributed by atoms with Crippen LogP contribution in [0.4, 0.5) is 0 Å². The van der Waals surface area contributed by atoms with Crippen molar-refractivity contribution in [2.45, 2.75) is 45.3 Å². The van der Waals surface area contributed by atoms with Gasteiger partial charge in [0.25, 0.3) is 0 Å². The highest BCUT2D eigenvalue weighted by atomic mass is 16.5. The molecule has 15 heavy (non-hydrogen) atoms. The van der Waals surface area contributed by atoms with Crippen LogP contribution in [0.1, 0.15) is 34.1 Å². The molecule has 1 N–H and O–H groups in total. The summed E-state index contributed by atoms with van der Waals surface area (Å²) in [6.07, 6.45) is 2.99. The number of hydrogen-bond acceptors (Lipinski definition) is 3. The van der Waals surface area contributed by atoms with E-state index in [-0.39, 0.29) is 0 Å². The van der Waals surface area contributed by atoms with Gasteiger partial charge in [0, 0.05) is 0 Å². The summed E-state index contributed by atoms with van der Waals surface area (Å²) in [4.78, 5) is 0. The molecule has 0 spiro atoms. The summed E-state index contributed by atoms with van der Waals surface area (Å²) in [5.41, 5.74) is -0.108. The molecule has 0 aromatic heterocycles. The number of ether oxygens (including phenoxy) is 1. The van der Waals surface area contributed by atoms with E-state index in [1.54, 1.807) is 13.8 Å². The van der Waals surface area contributed by atoms with Crippen LogP contribution in [0.25, 0.3) is 0 Å². The molecule has 1 aliphatic rings. The van der Waals surface area contributed by atoms with Crippen molar-refractivity contribution in [3.05, 3.63) is 11.5 Å². The average Bonchev–Trinajstić information content (AvgIpc) is 2.15. The van der Waals surface area contributed by atoms with Gasteiger partial charge in [-0.15, -0.1) is 0 Å². The summed E-state index contributed by atoms with van der Waals surface area (Å²) >= 11 is 0. The minimum absolute atomic E-state index is 0.536. The first-order chi connectivity index (χ1) is 6.83. The van der Waals surface area contributed by atoms with E-state index in [0.29, 0.717) is 14.1 Å². The Kier molecular flexibility index (Phi) is 3.98. The Bertz CT molecular complexity index is 241. The molecule has 86 valence electrons. The lowest BCUT2D eigenvalue weighted by atomic mass is 9.80. The topological polar surface area (TPSA) is 38.7 Å². The zero-order valence-electron chi connectivity index (χ0n) is 10.2. The van der Waals surface area contributed by atoms with Gasteiger partial charge in [-0.3, -0.25) is 0 Å². The van der Waals surface area contributed by atoms with Crippen LogP contribution in [0.15, 0.2) is 11.5 Å². The predicted molar refractivity (Wildman–Crippen MR) is 62.1 cm³/mol. The molecule has 0 aromatic rings. The quantitative estimate of drug-likeness (QED) is 0.712. The number of hydrogen-bond donors (Lipinski definition) is 1. The van der Waals surface area contributed by atoms with Gasteiger partial charge < -0.3 is 14.5 Å². The van der Waals surface area contributed by atoms with Crippen LogP contribution < -0.4 is 0 Å². The number of rotatable bonds is 4. The lowest BCUT2D eigenvalue weighted by molar-refractivity contribution is -0.0898. The van der Waals surface area contributed by atoms with E-state index in [4.69, 9.17) is 9.39 Å². The maximum atomic E-state index is 9.91. The lowest BCUT2D eigenvalue weighted by Gasteiger charge is -2.38. The van der Waals surface area contributed by atoms with Crippen LogP contribution >= 0.6 is 0 Å². The average molecular weight is 212 g/mol. The minimum Gasteiger partial charge on any atom is -0.427 e. The van der Waals surface area contributed by atoms with Crippen LogP contribution in [0.5, 0.6) is 0 Å². The smallest absolute Gasteiger partial charge is 0.305 e. The summed E-state index contributed by atoms with van der Waals surface area (Å²) in [7, 11) is 0.584. The Balaban J connectivity index is 2.45. The molecule has 3 nitrogen and oxygen atoms in total. The van der Waals surface area contributed by atoms with Crippen LogP contribution in [0, 0.1) is 0 Å². The van der Waals surface area contributed by atoms with Crippen molar-refractivity contribution in [3.63, 3.8) is 0 Å². The highest BCUT2D eigenvalue weighted by molar-refractivity contribution is 6.38. The molecule has 1 aliphatic heterocycles. The molecule has 0 atom stereocenters. The first-order valence-electron chi connectivity index (χ1n) is 5.45. The molecule has 0 aromatic carbocycles. The molecule has 0 aliphatic carbocycles. The third-order valence-corrected chi connectivity index (χ3v) is 3.15. The van der Waals surface area contributed by atoms with Gasteiger partial charge in [-0.25, -0.2) is 0 Å². The van der Waals surface area contributed by atoms with Gasteiger partial charge in [-0.1, -0.05) is 11.5 Å². The third kappa shape index (κ3) is 3.63. The van der Waals surface area contributed by atoms with Crippen LogP contribution in [0.2, 0.25) is 0 Å². The van der Waals surface area contributed by atoms with Crippen molar-refractivity contribution in [2.75, 3.05) is 13.2 Å². The van der Waals surface area contributed by atoms with Gasteiger partial charge in [-0.2, -0.15) is 0 Å². The van der Waals surface area contributed by atoms with Crippen LogP contribution in [-0.4, -0.2) is 37.0 Å². The number of aliphatic hydroxyl groups is 1. The summed E-state index contributed by atoms with van der Waals surface area (Å²) in [5, 5.41) is 9.91. The van der Waals surface area contributed by atoms with Crippen molar-refractivity contribution in [1.29, 1.82) is 0 Å². The molecule has 0 bridgehead atoms. The zero-order valence-corrected chi connectivity index (χ0v) is 10.2. The Morgan fingerprint density at radius 3 is 2.53 bits per heavy atom. The van der Waals surface area contributed by atoms with E-state index >= 15 is 0 Å². The molecular formula is C11H21BO3. The standard InChI is InChI=1S/C11H21BO3/c1-10(2,13)11(3,4)15-12-9-5-7-14-8-6-9/h5,12-13H,6-8H2,1-4H3. The second kappa shape index (κ2) is 4.68. The maximum absolute atomic E-state index is 9.91. The first-order valence-corrected chi connectivity index (χ1v) is 5.45. The molecule has 4 heteroatoms. The van der Waals surface area contributed by atoms with Gasteiger partial charge in [0.2, 0.25) is 0 Å². The van der Waals surface area contributed by atoms with Gasteiger partial charge in [0.05, 0.1) is 24.4 Å². The summed E-state index contributed by atoms with van der Waals surface area (Å²) in [6, 6.07) is 0. The fourth-order valence-electron chi connectivity index (χ4n) is 1.15. The molecule has 1 heterocycles. The Labute approximate surface area is 92.7 Å². The van der Waals surface area contributed by atoms with Crippen molar-refractivity contribution < 1.29 is 14.5 Å². The molecule has 0 amide bonds. The van der Waals surface area contributed by atoms with Gasteiger partial charge in [-0.05, 0) is 34.1 Å². The van der Waals surface area contributed by atoms with Crippen molar-refractivity contribution in [3.8, 4) is 0 Å². The third-order valence-electron chi connectivity index (χ3n) is 3.15. The van der Waals surface area contributed by atoms with E-state index < -0.39 is 11.2 Å². The predicted octanol–water partition coefficient (Wildman–Crippen LogP) is 1.21. The normalized spacial score (nSPS) is 18.6. The Morgan fingerprint density at radius 1 is 1.40 bits per heavy atom. The molecule has 0 unspecified atom stereocenters. The highest BCUT2D eigenvalue weighted by Gasteiger charge is 2.35. The summed E-state index contributed by atoms with van der Waals surface area (Å²) in [6.45, 7) is 8.82. The van der Waals surface area contributed by atoms with Gasteiger partial charge in [0.1, 0.15) is 0 Å². The first kappa shape index (κ1) is 12.8. The Hall–Kier alpha value is -0.315. The molecule has 1 rings (SSSR count). The van der Waals surface area contributed by atoms with Crippen molar-refractivity contribution in [1.82, 2.24) is 0 Å². The van der Waals surface area contributed by atoms with Gasteiger partial charge >= 0.3 is 7.48 Å². The van der Waals surface area contributed by atoms with E-state index in [2.05, 4.69) is 6.08 Å². The largest absolute Gasteiger partial charge is 0.427 e. The zero-order chi connectivity index (χ0) is 11.5. The minimum atomic E-state index is -0.835. The second-order valence-electron chi connectivity index (χ2n) is 5.05. The molecule has 0 fully saturated rings. The lowest BCUT2D eigenvalue weighted by Crippen LogP contribution is -2.48. The van der Waals surface area contributed by atoms with Crippen LogP contribution in [0.3, 0.4) is 0 Å². The molecule has 0 saturated heterocycles.